The summed E-state index contributed by atoms with van der Waals surface area (Å²) in [6.07, 6.45) is 4.12. The largest absolute Gasteiger partial charge is 0.508 e. The molecule has 0 amide bonds. The number of phenolic OH excluding ortho intramolecular Hbond substituents is 1. The first-order chi connectivity index (χ1) is 7.20. The molecule has 15 heavy (non-hydrogen) atoms. The molecule has 0 fully saturated rings. The fourth-order valence-corrected chi connectivity index (χ4v) is 1.68. The Balaban J connectivity index is 2.41. The van der Waals surface area contributed by atoms with Gasteiger partial charge < -0.3 is 9.84 Å². The zero-order valence-electron chi connectivity index (χ0n) is 8.79. The van der Waals surface area contributed by atoms with Crippen LogP contribution in [-0.4, -0.2) is 5.11 Å². The lowest BCUT2D eigenvalue weighted by atomic mass is 10.0. The van der Waals surface area contributed by atoms with E-state index in [2.05, 4.69) is 19.6 Å². The Morgan fingerprint density at radius 1 is 1.40 bits per heavy atom. The minimum Gasteiger partial charge on any atom is -0.508 e. The van der Waals surface area contributed by atoms with E-state index in [4.69, 9.17) is 4.74 Å². The molecule has 0 saturated carbocycles. The van der Waals surface area contributed by atoms with Gasteiger partial charge in [0, 0.05) is 11.6 Å². The molecule has 1 aromatic carbocycles. The normalized spacial score (nSPS) is 14.2. The highest BCUT2D eigenvalue weighted by molar-refractivity contribution is 5.67. The lowest BCUT2D eigenvalue weighted by Crippen LogP contribution is -2.04. The second-order valence-electron chi connectivity index (χ2n) is 3.67. The fourth-order valence-electron chi connectivity index (χ4n) is 1.68. The number of ether oxygens (including phenoxy) is 1. The first-order valence-corrected chi connectivity index (χ1v) is 5.11. The van der Waals surface area contributed by atoms with Crippen molar-refractivity contribution in [3.63, 3.8) is 0 Å². The van der Waals surface area contributed by atoms with Gasteiger partial charge in [-0.05, 0) is 30.2 Å². The number of hydrogen-bond acceptors (Lipinski definition) is 2. The number of phenols is 1. The molecule has 2 nitrogen and oxygen atoms in total. The summed E-state index contributed by atoms with van der Waals surface area (Å²) in [7, 11) is 0. The van der Waals surface area contributed by atoms with Gasteiger partial charge in [0.15, 0.2) is 0 Å². The Hall–Kier alpha value is -1.70. The molecule has 1 aliphatic rings. The molecule has 1 heterocycles. The van der Waals surface area contributed by atoms with Gasteiger partial charge in [-0.2, -0.15) is 0 Å². The van der Waals surface area contributed by atoms with E-state index in [1.165, 1.54) is 0 Å². The topological polar surface area (TPSA) is 29.5 Å². The summed E-state index contributed by atoms with van der Waals surface area (Å²) < 4.78 is 5.56. The minimum atomic E-state index is 0.217. The highest BCUT2D eigenvalue weighted by atomic mass is 16.5. The van der Waals surface area contributed by atoms with Gasteiger partial charge >= 0.3 is 0 Å². The molecule has 2 rings (SSSR count). The van der Waals surface area contributed by atoms with E-state index >= 15 is 0 Å². The molecule has 0 saturated heterocycles. The summed E-state index contributed by atoms with van der Waals surface area (Å²) in [5.74, 6) is 1.59. The van der Waals surface area contributed by atoms with Crippen LogP contribution in [0.25, 0.3) is 6.08 Å². The fraction of sp³-hybridized carbons (Fsp3) is 0.231. The zero-order chi connectivity index (χ0) is 10.8. The molecule has 0 bridgehead atoms. The minimum absolute atomic E-state index is 0.217. The molecule has 1 aliphatic heterocycles. The first-order valence-electron chi connectivity index (χ1n) is 5.11. The number of hydrogen-bond donors (Lipinski definition) is 1. The molecule has 0 unspecified atom stereocenters. The van der Waals surface area contributed by atoms with Crippen LogP contribution < -0.4 is 4.74 Å². The summed E-state index contributed by atoms with van der Waals surface area (Å²) >= 11 is 0. The number of rotatable bonds is 2. The highest BCUT2D eigenvalue weighted by Crippen LogP contribution is 2.34. The van der Waals surface area contributed by atoms with Gasteiger partial charge in [0.05, 0.1) is 0 Å². The first kappa shape index (κ1) is 9.84. The van der Waals surface area contributed by atoms with Gasteiger partial charge in [0.25, 0.3) is 0 Å². The van der Waals surface area contributed by atoms with Crippen molar-refractivity contribution in [1.82, 2.24) is 0 Å². The van der Waals surface area contributed by atoms with Crippen molar-refractivity contribution in [3.05, 3.63) is 41.7 Å². The van der Waals surface area contributed by atoms with Crippen molar-refractivity contribution in [2.75, 3.05) is 0 Å². The van der Waals surface area contributed by atoms with Gasteiger partial charge in [-0.15, -0.1) is 0 Å². The van der Waals surface area contributed by atoms with Crippen molar-refractivity contribution in [2.24, 2.45) is 0 Å². The van der Waals surface area contributed by atoms with Gasteiger partial charge in [-0.25, -0.2) is 0 Å². The smallest absolute Gasteiger partial charge is 0.138 e. The summed E-state index contributed by atoms with van der Waals surface area (Å²) in [5.41, 5.74) is 2.14. The van der Waals surface area contributed by atoms with Crippen molar-refractivity contribution in [2.45, 2.75) is 19.8 Å². The maximum Gasteiger partial charge on any atom is 0.138 e. The van der Waals surface area contributed by atoms with Crippen LogP contribution in [-0.2, 0) is 0 Å². The molecule has 1 N–H and O–H groups in total. The van der Waals surface area contributed by atoms with Crippen molar-refractivity contribution < 1.29 is 9.84 Å². The van der Waals surface area contributed by atoms with Crippen LogP contribution in [0.1, 0.15) is 25.3 Å². The van der Waals surface area contributed by atoms with E-state index in [0.29, 0.717) is 11.5 Å². The quantitative estimate of drug-likeness (QED) is 0.795. The zero-order valence-corrected chi connectivity index (χ0v) is 8.79. The van der Waals surface area contributed by atoms with E-state index in [0.717, 1.165) is 24.0 Å². The van der Waals surface area contributed by atoms with E-state index in [-0.39, 0.29) is 5.75 Å². The van der Waals surface area contributed by atoms with E-state index in [9.17, 15) is 5.11 Å². The van der Waals surface area contributed by atoms with E-state index in [1.807, 2.05) is 6.07 Å². The molecule has 0 aromatic heterocycles. The number of aromatic hydroxyl groups is 1. The average Bonchev–Trinajstić information content (AvgIpc) is 2.20. The molecule has 78 valence electrons. The van der Waals surface area contributed by atoms with Crippen LogP contribution in [0, 0.1) is 0 Å². The second kappa shape index (κ2) is 3.81. The van der Waals surface area contributed by atoms with Gasteiger partial charge in [0.2, 0.25) is 0 Å². The van der Waals surface area contributed by atoms with E-state index in [1.54, 1.807) is 12.1 Å². The third kappa shape index (κ3) is 1.89. The molecule has 1 aromatic rings. The standard InChI is InChI=1S/C13H14O2/c1-3-4-10-7-11-5-6-12(14)8-13(11)15-9(10)2/h5-8,14H,2-4H2,1H3. The third-order valence-electron chi connectivity index (χ3n) is 2.44. The molecule has 0 spiro atoms. The molecular formula is C13H14O2. The third-order valence-corrected chi connectivity index (χ3v) is 2.44. The lowest BCUT2D eigenvalue weighted by molar-refractivity contribution is 0.420. The highest BCUT2D eigenvalue weighted by Gasteiger charge is 2.14. The Morgan fingerprint density at radius 2 is 2.20 bits per heavy atom. The van der Waals surface area contributed by atoms with Crippen molar-refractivity contribution in [3.8, 4) is 11.5 Å². The monoisotopic (exact) mass is 202 g/mol. The number of fused-ring (bicyclic) bond motifs is 1. The maximum absolute atomic E-state index is 9.31. The Morgan fingerprint density at radius 3 is 2.93 bits per heavy atom. The average molecular weight is 202 g/mol. The van der Waals surface area contributed by atoms with Crippen LogP contribution in [0.4, 0.5) is 0 Å². The number of benzene rings is 1. The molecule has 2 heteroatoms. The summed E-state index contributed by atoms with van der Waals surface area (Å²) in [6, 6.07) is 5.13. The summed E-state index contributed by atoms with van der Waals surface area (Å²) in [4.78, 5) is 0. The molecule has 0 aliphatic carbocycles. The van der Waals surface area contributed by atoms with Crippen LogP contribution in [0.5, 0.6) is 11.5 Å². The molecular weight excluding hydrogens is 188 g/mol. The van der Waals surface area contributed by atoms with Gasteiger partial charge in [-0.3, -0.25) is 0 Å². The van der Waals surface area contributed by atoms with Gasteiger partial charge in [0.1, 0.15) is 17.3 Å². The molecule has 0 radical (unpaired) electrons. The molecule has 0 atom stereocenters. The predicted molar refractivity (Wildman–Crippen MR) is 60.8 cm³/mol. The van der Waals surface area contributed by atoms with E-state index < -0.39 is 0 Å². The summed E-state index contributed by atoms with van der Waals surface area (Å²) in [6.45, 7) is 6.00. The second-order valence-corrected chi connectivity index (χ2v) is 3.67. The van der Waals surface area contributed by atoms with Gasteiger partial charge in [-0.1, -0.05) is 19.9 Å². The summed E-state index contributed by atoms with van der Waals surface area (Å²) in [5, 5.41) is 9.31. The van der Waals surface area contributed by atoms with Crippen LogP contribution in [0.15, 0.2) is 36.1 Å². The van der Waals surface area contributed by atoms with Crippen molar-refractivity contribution in [1.29, 1.82) is 0 Å². The Kier molecular flexibility index (Phi) is 2.50. The van der Waals surface area contributed by atoms with Crippen LogP contribution >= 0.6 is 0 Å². The maximum atomic E-state index is 9.31. The Labute approximate surface area is 89.5 Å². The predicted octanol–water partition coefficient (Wildman–Crippen LogP) is 3.48. The number of allylic oxidation sites excluding steroid dienone is 1. The SMILES string of the molecule is C=C1Oc2cc(O)ccc2C=C1CCC. The lowest BCUT2D eigenvalue weighted by Gasteiger charge is -2.19. The van der Waals surface area contributed by atoms with Crippen LogP contribution in [0.2, 0.25) is 0 Å². The van der Waals surface area contributed by atoms with Crippen LogP contribution in [0.3, 0.4) is 0 Å². The van der Waals surface area contributed by atoms with Crippen molar-refractivity contribution >= 4 is 6.08 Å². The Bertz CT molecular complexity index is 430.